The first kappa shape index (κ1) is 12.8. The van der Waals surface area contributed by atoms with Gasteiger partial charge in [-0.2, -0.15) is 0 Å². The van der Waals surface area contributed by atoms with Crippen molar-refractivity contribution < 1.29 is 13.9 Å². The number of benzene rings is 1. The summed E-state index contributed by atoms with van der Waals surface area (Å²) >= 11 is 0. The lowest BCUT2D eigenvalue weighted by Gasteiger charge is -2.20. The van der Waals surface area contributed by atoms with Crippen LogP contribution in [0.1, 0.15) is 19.8 Å². The van der Waals surface area contributed by atoms with E-state index in [-0.39, 0.29) is 24.0 Å². The minimum atomic E-state index is -0.325. The average molecular weight is 252 g/mol. The van der Waals surface area contributed by atoms with E-state index in [1.165, 1.54) is 24.3 Å². The van der Waals surface area contributed by atoms with E-state index >= 15 is 0 Å². The number of carbonyl (C=O) groups excluding carboxylic acids is 1. The van der Waals surface area contributed by atoms with Crippen LogP contribution in [-0.4, -0.2) is 24.8 Å². The summed E-state index contributed by atoms with van der Waals surface area (Å²) in [7, 11) is 0. The van der Waals surface area contributed by atoms with Crippen LogP contribution < -0.4 is 10.6 Å². The molecule has 2 unspecified atom stereocenters. The molecule has 5 heteroatoms. The molecule has 2 rings (SSSR count). The summed E-state index contributed by atoms with van der Waals surface area (Å²) < 4.78 is 18.2. The third-order valence-electron chi connectivity index (χ3n) is 2.98. The number of hydrogen-bond donors (Lipinski definition) is 2. The topological polar surface area (TPSA) is 50.4 Å². The number of urea groups is 1. The zero-order valence-corrected chi connectivity index (χ0v) is 10.3. The van der Waals surface area contributed by atoms with Crippen LogP contribution in [0.3, 0.4) is 0 Å². The van der Waals surface area contributed by atoms with Crippen LogP contribution in [0.25, 0.3) is 0 Å². The normalized spacial score (nSPS) is 20.4. The lowest BCUT2D eigenvalue weighted by Crippen LogP contribution is -2.42. The summed E-state index contributed by atoms with van der Waals surface area (Å²) in [6.45, 7) is 2.68. The first-order valence-electron chi connectivity index (χ1n) is 6.10. The molecular formula is C13H17FN2O2. The number of halogens is 1. The van der Waals surface area contributed by atoms with Gasteiger partial charge in [-0.1, -0.05) is 0 Å². The van der Waals surface area contributed by atoms with Gasteiger partial charge in [0.1, 0.15) is 5.82 Å². The van der Waals surface area contributed by atoms with Crippen molar-refractivity contribution in [3.63, 3.8) is 0 Å². The molecule has 1 aromatic carbocycles. The highest BCUT2D eigenvalue weighted by atomic mass is 19.1. The fourth-order valence-corrected chi connectivity index (χ4v) is 2.00. The maximum atomic E-state index is 12.7. The van der Waals surface area contributed by atoms with E-state index in [0.29, 0.717) is 5.69 Å². The number of amides is 2. The van der Waals surface area contributed by atoms with Gasteiger partial charge in [-0.25, -0.2) is 9.18 Å². The van der Waals surface area contributed by atoms with Crippen molar-refractivity contribution in [3.8, 4) is 0 Å². The molecule has 0 spiro atoms. The fraction of sp³-hybridized carbons (Fsp3) is 0.462. The van der Waals surface area contributed by atoms with E-state index in [4.69, 9.17) is 4.74 Å². The monoisotopic (exact) mass is 252 g/mol. The molecule has 2 N–H and O–H groups in total. The number of nitrogens with one attached hydrogen (secondary N) is 2. The molecule has 2 amide bonds. The van der Waals surface area contributed by atoms with Gasteiger partial charge in [0.25, 0.3) is 0 Å². The van der Waals surface area contributed by atoms with Gasteiger partial charge in [0, 0.05) is 12.3 Å². The predicted octanol–water partition coefficient (Wildman–Crippen LogP) is 2.51. The van der Waals surface area contributed by atoms with Crippen LogP contribution in [0.5, 0.6) is 0 Å². The molecule has 0 bridgehead atoms. The molecule has 0 aliphatic carbocycles. The van der Waals surface area contributed by atoms with Gasteiger partial charge in [0.15, 0.2) is 0 Å². The SMILES string of the molecule is CC(NC(=O)Nc1ccc(F)cc1)C1CCCO1. The second-order valence-electron chi connectivity index (χ2n) is 4.45. The molecule has 1 aliphatic heterocycles. The summed E-state index contributed by atoms with van der Waals surface area (Å²) in [5, 5.41) is 5.47. The molecule has 0 saturated carbocycles. The Hall–Kier alpha value is -1.62. The zero-order chi connectivity index (χ0) is 13.0. The molecule has 4 nitrogen and oxygen atoms in total. The second kappa shape index (κ2) is 5.82. The minimum Gasteiger partial charge on any atom is -0.376 e. The highest BCUT2D eigenvalue weighted by molar-refractivity contribution is 5.89. The Morgan fingerprint density at radius 2 is 2.17 bits per heavy atom. The quantitative estimate of drug-likeness (QED) is 0.868. The molecule has 1 aromatic rings. The summed E-state index contributed by atoms with van der Waals surface area (Å²) in [5.74, 6) is -0.325. The molecule has 0 aromatic heterocycles. The molecule has 1 aliphatic rings. The van der Waals surface area contributed by atoms with E-state index in [0.717, 1.165) is 19.4 Å². The van der Waals surface area contributed by atoms with Crippen molar-refractivity contribution in [1.29, 1.82) is 0 Å². The Bertz CT molecular complexity index is 402. The number of anilines is 1. The zero-order valence-electron chi connectivity index (χ0n) is 10.3. The first-order chi connectivity index (χ1) is 8.65. The number of rotatable bonds is 3. The van der Waals surface area contributed by atoms with Gasteiger partial charge >= 0.3 is 6.03 Å². The van der Waals surface area contributed by atoms with Crippen molar-refractivity contribution in [3.05, 3.63) is 30.1 Å². The first-order valence-corrected chi connectivity index (χ1v) is 6.10. The minimum absolute atomic E-state index is 0.0343. The van der Waals surface area contributed by atoms with Crippen molar-refractivity contribution in [1.82, 2.24) is 5.32 Å². The van der Waals surface area contributed by atoms with Gasteiger partial charge in [-0.15, -0.1) is 0 Å². The summed E-state index contributed by atoms with van der Waals surface area (Å²) in [4.78, 5) is 11.7. The lowest BCUT2D eigenvalue weighted by molar-refractivity contribution is 0.0868. The summed E-state index contributed by atoms with van der Waals surface area (Å²) in [6.07, 6.45) is 2.10. The van der Waals surface area contributed by atoms with Crippen LogP contribution >= 0.6 is 0 Å². The van der Waals surface area contributed by atoms with Gasteiger partial charge < -0.3 is 15.4 Å². The molecule has 1 heterocycles. The third kappa shape index (κ3) is 3.43. The molecule has 0 radical (unpaired) electrons. The van der Waals surface area contributed by atoms with E-state index in [1.54, 1.807) is 0 Å². The van der Waals surface area contributed by atoms with Crippen molar-refractivity contribution >= 4 is 11.7 Å². The molecule has 1 fully saturated rings. The highest BCUT2D eigenvalue weighted by Crippen LogP contribution is 2.15. The van der Waals surface area contributed by atoms with Crippen LogP contribution in [0.2, 0.25) is 0 Å². The van der Waals surface area contributed by atoms with Crippen LogP contribution in [0.15, 0.2) is 24.3 Å². The Balaban J connectivity index is 1.82. The van der Waals surface area contributed by atoms with E-state index in [1.807, 2.05) is 6.92 Å². The maximum Gasteiger partial charge on any atom is 0.319 e. The fourth-order valence-electron chi connectivity index (χ4n) is 2.00. The number of carbonyl (C=O) groups is 1. The molecule has 18 heavy (non-hydrogen) atoms. The van der Waals surface area contributed by atoms with E-state index < -0.39 is 0 Å². The Labute approximate surface area is 106 Å². The lowest BCUT2D eigenvalue weighted by atomic mass is 10.1. The molecule has 1 saturated heterocycles. The van der Waals surface area contributed by atoms with Gasteiger partial charge in [0.2, 0.25) is 0 Å². The Kier molecular flexibility index (Phi) is 4.15. The Morgan fingerprint density at radius 3 is 2.78 bits per heavy atom. The summed E-state index contributed by atoms with van der Waals surface area (Å²) in [6, 6.07) is 5.31. The average Bonchev–Trinajstić information content (AvgIpc) is 2.85. The third-order valence-corrected chi connectivity index (χ3v) is 2.98. The largest absolute Gasteiger partial charge is 0.376 e. The van der Waals surface area contributed by atoms with Crippen LogP contribution in [-0.2, 0) is 4.74 Å². The maximum absolute atomic E-state index is 12.7. The van der Waals surface area contributed by atoms with E-state index in [9.17, 15) is 9.18 Å². The van der Waals surface area contributed by atoms with Gasteiger partial charge in [0.05, 0.1) is 12.1 Å². The molecule has 98 valence electrons. The van der Waals surface area contributed by atoms with Crippen molar-refractivity contribution in [2.45, 2.75) is 31.9 Å². The second-order valence-corrected chi connectivity index (χ2v) is 4.45. The Morgan fingerprint density at radius 1 is 1.44 bits per heavy atom. The smallest absolute Gasteiger partial charge is 0.319 e. The number of ether oxygens (including phenoxy) is 1. The standard InChI is InChI=1S/C13H17FN2O2/c1-9(12-3-2-8-18-12)15-13(17)16-11-6-4-10(14)5-7-11/h4-7,9,12H,2-3,8H2,1H3,(H2,15,16,17). The van der Waals surface area contributed by atoms with Crippen molar-refractivity contribution in [2.24, 2.45) is 0 Å². The summed E-state index contributed by atoms with van der Waals surface area (Å²) in [5.41, 5.74) is 0.563. The highest BCUT2D eigenvalue weighted by Gasteiger charge is 2.23. The molecule has 2 atom stereocenters. The van der Waals surface area contributed by atoms with Crippen LogP contribution in [0.4, 0.5) is 14.9 Å². The number of hydrogen-bond acceptors (Lipinski definition) is 2. The molecular weight excluding hydrogens is 235 g/mol. The van der Waals surface area contributed by atoms with Crippen molar-refractivity contribution in [2.75, 3.05) is 11.9 Å². The van der Waals surface area contributed by atoms with E-state index in [2.05, 4.69) is 10.6 Å². The van der Waals surface area contributed by atoms with Gasteiger partial charge in [-0.3, -0.25) is 0 Å². The van der Waals surface area contributed by atoms with Crippen LogP contribution in [0, 0.1) is 5.82 Å². The predicted molar refractivity (Wildman–Crippen MR) is 67.0 cm³/mol. The van der Waals surface area contributed by atoms with Gasteiger partial charge in [-0.05, 0) is 44.0 Å².